The van der Waals surface area contributed by atoms with Crippen LogP contribution in [0.3, 0.4) is 0 Å². The van der Waals surface area contributed by atoms with Crippen molar-refractivity contribution in [2.24, 2.45) is 22.7 Å². The van der Waals surface area contributed by atoms with Gasteiger partial charge in [0.1, 0.15) is 0 Å². The summed E-state index contributed by atoms with van der Waals surface area (Å²) in [6.45, 7) is 8.00. The Morgan fingerprint density at radius 2 is 1.76 bits per heavy atom. The number of rotatable bonds is 6. The van der Waals surface area contributed by atoms with E-state index < -0.39 is 0 Å². The van der Waals surface area contributed by atoms with E-state index in [1.165, 1.54) is 24.0 Å². The molecule has 3 aliphatic heterocycles. The van der Waals surface area contributed by atoms with Gasteiger partial charge in [-0.15, -0.1) is 5.92 Å². The van der Waals surface area contributed by atoms with Gasteiger partial charge in [-0.1, -0.05) is 39.5 Å². The van der Waals surface area contributed by atoms with E-state index in [-0.39, 0.29) is 6.04 Å². The number of likely N-dealkylation sites (tertiary alicyclic amines) is 2. The van der Waals surface area contributed by atoms with Crippen molar-refractivity contribution in [3.8, 4) is 11.8 Å². The summed E-state index contributed by atoms with van der Waals surface area (Å²) < 4.78 is 1.01. The smallest absolute Gasteiger partial charge is 0.222 e. The number of amides is 1. The Kier molecular flexibility index (Phi) is 11.5. The Morgan fingerprint density at radius 1 is 1.07 bits per heavy atom. The minimum absolute atomic E-state index is 0.0719. The second-order valence-electron chi connectivity index (χ2n) is 12.0. The summed E-state index contributed by atoms with van der Waals surface area (Å²) in [6, 6.07) is 4.30. The van der Waals surface area contributed by atoms with Gasteiger partial charge >= 0.3 is 0 Å². The molecular weight excluding hydrogens is 664 g/mol. The first kappa shape index (κ1) is 31.3. The highest BCUT2D eigenvalue weighted by molar-refractivity contribution is 9.10. The molecule has 1 amide bonds. The van der Waals surface area contributed by atoms with Crippen molar-refractivity contribution >= 4 is 55.6 Å². The third-order valence-electron chi connectivity index (χ3n) is 9.72. The lowest BCUT2D eigenvalue weighted by molar-refractivity contribution is -0.134. The van der Waals surface area contributed by atoms with Gasteiger partial charge < -0.3 is 10.2 Å². The summed E-state index contributed by atoms with van der Waals surface area (Å²) >= 11 is 13.9. The maximum Gasteiger partial charge on any atom is 0.222 e. The molecule has 0 aromatic heterocycles. The first-order valence-corrected chi connectivity index (χ1v) is 17.7. The van der Waals surface area contributed by atoms with E-state index in [1.54, 1.807) is 0 Å². The number of nitrogens with one attached hydrogen (secondary N) is 1. The number of carbonyl (C=O) groups is 1. The molecule has 8 heteroatoms. The number of hydrogen-bond acceptors (Lipinski definition) is 4. The number of nitrogens with zero attached hydrogens (tertiary/aromatic N) is 3. The molecule has 41 heavy (non-hydrogen) atoms. The Morgan fingerprint density at radius 3 is 2.41 bits per heavy atom. The molecule has 0 spiro atoms. The van der Waals surface area contributed by atoms with Crippen LogP contribution in [0.25, 0.3) is 0 Å². The number of piperidine rings is 3. The zero-order valence-electron chi connectivity index (χ0n) is 24.2. The van der Waals surface area contributed by atoms with Crippen LogP contribution in [0.2, 0.25) is 5.02 Å². The van der Waals surface area contributed by atoms with Crippen LogP contribution in [0, 0.1) is 29.6 Å². The average molecular weight is 707 g/mol. The summed E-state index contributed by atoms with van der Waals surface area (Å²) in [5, 5.41) is 4.89. The molecule has 5 nitrogen and oxygen atoms in total. The molecule has 1 aliphatic carbocycles. The van der Waals surface area contributed by atoms with Crippen LogP contribution in [0.1, 0.15) is 75.5 Å². The fourth-order valence-electron chi connectivity index (χ4n) is 7.47. The molecule has 5 rings (SSSR count). The Hall–Kier alpha value is -1.17. The lowest BCUT2D eigenvalue weighted by Gasteiger charge is -2.43. The maximum atomic E-state index is 13.0. The first-order valence-electron chi connectivity index (χ1n) is 15.4. The highest BCUT2D eigenvalue weighted by Gasteiger charge is 2.37. The lowest BCUT2D eigenvalue weighted by atomic mass is 9.78. The van der Waals surface area contributed by atoms with Crippen LogP contribution in [-0.4, -0.2) is 66.5 Å². The van der Waals surface area contributed by atoms with Gasteiger partial charge in [0.15, 0.2) is 0 Å². The quantitative estimate of drug-likeness (QED) is 0.194. The predicted molar refractivity (Wildman–Crippen MR) is 177 cm³/mol. The van der Waals surface area contributed by atoms with E-state index in [0.29, 0.717) is 17.2 Å². The van der Waals surface area contributed by atoms with Crippen molar-refractivity contribution < 1.29 is 4.79 Å². The first-order chi connectivity index (χ1) is 20.0. The molecular formula is C33H43Br2ClN4O. The van der Waals surface area contributed by atoms with Gasteiger partial charge in [0.2, 0.25) is 5.91 Å². The van der Waals surface area contributed by atoms with E-state index in [1.807, 2.05) is 19.2 Å². The summed E-state index contributed by atoms with van der Waals surface area (Å²) in [4.78, 5) is 22.8. The van der Waals surface area contributed by atoms with Crippen molar-refractivity contribution in [1.29, 1.82) is 0 Å². The minimum Gasteiger partial charge on any atom is -0.343 e. The molecule has 222 valence electrons. The normalized spacial score (nSPS) is 23.8. The Bertz CT molecular complexity index is 1200. The monoisotopic (exact) mass is 704 g/mol. The fourth-order valence-corrected chi connectivity index (χ4v) is 8.35. The Balaban J connectivity index is 1.26. The number of carbonyl (C=O) groups excluding carboxylic acids is 1. The molecule has 1 aromatic carbocycles. The van der Waals surface area contributed by atoms with Crippen LogP contribution in [-0.2, 0) is 11.2 Å². The van der Waals surface area contributed by atoms with E-state index in [0.717, 1.165) is 117 Å². The second-order valence-corrected chi connectivity index (χ2v) is 13.9. The SMILES string of the molecule is CC#CC1=C(N=CCBr)C(N2CCC(C3CCN(C(=O)CC4CCNCC4)CC3)CC2)c2ccc(Cl)c(Br)c2CC1. The van der Waals surface area contributed by atoms with Gasteiger partial charge in [-0.05, 0) is 135 Å². The third-order valence-corrected chi connectivity index (χ3v) is 11.5. The van der Waals surface area contributed by atoms with Crippen LogP contribution >= 0.6 is 43.5 Å². The van der Waals surface area contributed by atoms with Gasteiger partial charge in [0.05, 0.1) is 16.8 Å². The summed E-state index contributed by atoms with van der Waals surface area (Å²) in [6.07, 6.45) is 11.4. The zero-order chi connectivity index (χ0) is 28.8. The van der Waals surface area contributed by atoms with Gasteiger partial charge in [-0.2, -0.15) is 0 Å². The largest absolute Gasteiger partial charge is 0.343 e. The van der Waals surface area contributed by atoms with Gasteiger partial charge in [0, 0.05) is 41.1 Å². The fraction of sp³-hybridized carbons (Fsp3) is 0.636. The topological polar surface area (TPSA) is 47.9 Å². The second kappa shape index (κ2) is 15.0. The molecule has 3 fully saturated rings. The molecule has 3 saturated heterocycles. The standard InChI is InChI=1S/C33H43Br2ClN4O/c1-2-3-26-4-5-27-28(6-7-29(36)31(27)35)33(32(26)38-17-14-34)40-20-12-25(13-21-40)24-10-18-39(19-11-24)30(41)22-23-8-15-37-16-9-23/h6-7,17,23-25,33,37H,4-5,8-16,18-22H2,1H3. The van der Waals surface area contributed by atoms with E-state index >= 15 is 0 Å². The van der Waals surface area contributed by atoms with Gasteiger partial charge in [-0.3, -0.25) is 14.7 Å². The van der Waals surface area contributed by atoms with Crippen molar-refractivity contribution in [1.82, 2.24) is 15.1 Å². The summed E-state index contributed by atoms with van der Waals surface area (Å²) in [5.74, 6) is 8.96. The average Bonchev–Trinajstić information content (AvgIpc) is 3.16. The van der Waals surface area contributed by atoms with Crippen molar-refractivity contribution in [2.45, 2.75) is 70.8 Å². The molecule has 1 aromatic rings. The highest BCUT2D eigenvalue weighted by atomic mass is 79.9. The highest BCUT2D eigenvalue weighted by Crippen LogP contribution is 2.44. The molecule has 1 atom stereocenters. The molecule has 0 saturated carbocycles. The summed E-state index contributed by atoms with van der Waals surface area (Å²) in [7, 11) is 0. The maximum absolute atomic E-state index is 13.0. The van der Waals surface area contributed by atoms with E-state index in [2.05, 4.69) is 64.9 Å². The van der Waals surface area contributed by atoms with Crippen molar-refractivity contribution in [3.63, 3.8) is 0 Å². The van der Waals surface area contributed by atoms with Gasteiger partial charge in [0.25, 0.3) is 0 Å². The van der Waals surface area contributed by atoms with Gasteiger partial charge in [-0.25, -0.2) is 0 Å². The number of fused-ring (bicyclic) bond motifs is 1. The molecule has 0 bridgehead atoms. The van der Waals surface area contributed by atoms with Crippen LogP contribution in [0.4, 0.5) is 0 Å². The molecule has 0 radical (unpaired) electrons. The van der Waals surface area contributed by atoms with E-state index in [4.69, 9.17) is 16.6 Å². The molecule has 4 aliphatic rings. The number of allylic oxidation sites excluding steroid dienone is 1. The number of halogens is 3. The number of benzene rings is 1. The minimum atomic E-state index is 0.0719. The molecule has 3 heterocycles. The van der Waals surface area contributed by atoms with Crippen LogP contribution < -0.4 is 5.32 Å². The lowest BCUT2D eigenvalue weighted by Crippen LogP contribution is -2.44. The number of alkyl halides is 1. The third kappa shape index (κ3) is 7.50. The number of aliphatic imine (C=N–C) groups is 1. The van der Waals surface area contributed by atoms with E-state index in [9.17, 15) is 4.79 Å². The van der Waals surface area contributed by atoms with Crippen LogP contribution in [0.15, 0.2) is 32.9 Å². The van der Waals surface area contributed by atoms with Crippen molar-refractivity contribution in [2.75, 3.05) is 44.6 Å². The zero-order valence-corrected chi connectivity index (χ0v) is 28.2. The predicted octanol–water partition coefficient (Wildman–Crippen LogP) is 7.17. The van der Waals surface area contributed by atoms with Crippen LogP contribution in [0.5, 0.6) is 0 Å². The molecule has 1 unspecified atom stereocenters. The Labute approximate surface area is 268 Å². The summed E-state index contributed by atoms with van der Waals surface area (Å²) in [5.41, 5.74) is 4.81. The molecule has 1 N–H and O–H groups in total. The number of hydrogen-bond donors (Lipinski definition) is 1. The van der Waals surface area contributed by atoms with Crippen molar-refractivity contribution in [3.05, 3.63) is 44.0 Å².